The van der Waals surface area contributed by atoms with Gasteiger partial charge >= 0.3 is 0 Å². The molecule has 3 heteroatoms. The van der Waals surface area contributed by atoms with E-state index in [1.807, 2.05) is 0 Å². The van der Waals surface area contributed by atoms with Gasteiger partial charge in [0.15, 0.2) is 0 Å². The third-order valence-corrected chi connectivity index (χ3v) is 10.0. The standard InChI is InChI=1S/C48H33N3/c1-5-17-38(18-6-1)49(39-19-7-2-8-20-39)42-28-30-46-44(33-42)48-47(51(46)41-23-11-4-12-24-41)43-32-37(36-26-25-34-15-13-14-16-35(34)31-36)27-29-45(43)50(48)40-21-9-3-10-22-40/h1-33H. The predicted molar refractivity (Wildman–Crippen MR) is 215 cm³/mol. The molecule has 0 radical (unpaired) electrons. The molecule has 0 unspecified atom stereocenters. The maximum absolute atomic E-state index is 2.45. The second-order valence-electron chi connectivity index (χ2n) is 13.0. The van der Waals surface area contributed by atoms with E-state index in [-0.39, 0.29) is 0 Å². The van der Waals surface area contributed by atoms with Crippen LogP contribution in [0.1, 0.15) is 0 Å². The first-order valence-corrected chi connectivity index (χ1v) is 17.4. The van der Waals surface area contributed by atoms with Gasteiger partial charge in [-0.2, -0.15) is 0 Å². The van der Waals surface area contributed by atoms with E-state index < -0.39 is 0 Å². The Balaban J connectivity index is 1.32. The molecule has 51 heavy (non-hydrogen) atoms. The lowest BCUT2D eigenvalue weighted by Gasteiger charge is -2.25. The normalized spacial score (nSPS) is 11.5. The van der Waals surface area contributed by atoms with Crippen LogP contribution in [0.3, 0.4) is 0 Å². The van der Waals surface area contributed by atoms with Crippen molar-refractivity contribution < 1.29 is 0 Å². The van der Waals surface area contributed by atoms with E-state index in [9.17, 15) is 0 Å². The van der Waals surface area contributed by atoms with Gasteiger partial charge in [-0.3, -0.25) is 0 Å². The quantitative estimate of drug-likeness (QED) is 0.174. The number of para-hydroxylation sites is 4. The van der Waals surface area contributed by atoms with E-state index in [0.29, 0.717) is 0 Å². The van der Waals surface area contributed by atoms with Crippen LogP contribution in [-0.2, 0) is 0 Å². The molecule has 0 N–H and O–H groups in total. The first kappa shape index (κ1) is 29.1. The number of nitrogens with zero attached hydrogens (tertiary/aromatic N) is 3. The molecule has 10 aromatic rings. The van der Waals surface area contributed by atoms with Crippen molar-refractivity contribution in [3.63, 3.8) is 0 Å². The Morgan fingerprint density at radius 3 is 1.35 bits per heavy atom. The second kappa shape index (κ2) is 11.9. The largest absolute Gasteiger partial charge is 0.310 e. The Morgan fingerprint density at radius 2 is 0.765 bits per heavy atom. The lowest BCUT2D eigenvalue weighted by atomic mass is 10.00. The third kappa shape index (κ3) is 4.82. The highest BCUT2D eigenvalue weighted by Crippen LogP contribution is 2.44. The van der Waals surface area contributed by atoms with Gasteiger partial charge < -0.3 is 14.0 Å². The van der Waals surface area contributed by atoms with Gasteiger partial charge in [0.2, 0.25) is 0 Å². The lowest BCUT2D eigenvalue weighted by molar-refractivity contribution is 1.17. The minimum Gasteiger partial charge on any atom is -0.310 e. The molecule has 240 valence electrons. The minimum absolute atomic E-state index is 1.11. The number of fused-ring (bicyclic) bond motifs is 6. The van der Waals surface area contributed by atoms with Crippen LogP contribution in [0.15, 0.2) is 200 Å². The lowest BCUT2D eigenvalue weighted by Crippen LogP contribution is -2.09. The van der Waals surface area contributed by atoms with Crippen molar-refractivity contribution in [2.45, 2.75) is 0 Å². The molecule has 3 nitrogen and oxygen atoms in total. The van der Waals surface area contributed by atoms with Crippen molar-refractivity contribution in [1.29, 1.82) is 0 Å². The van der Waals surface area contributed by atoms with E-state index >= 15 is 0 Å². The van der Waals surface area contributed by atoms with Crippen molar-refractivity contribution >= 4 is 60.7 Å². The van der Waals surface area contributed by atoms with E-state index in [1.54, 1.807) is 0 Å². The molecule has 0 saturated carbocycles. The van der Waals surface area contributed by atoms with Crippen molar-refractivity contribution in [1.82, 2.24) is 9.13 Å². The van der Waals surface area contributed by atoms with Gasteiger partial charge in [0.1, 0.15) is 0 Å². The first-order chi connectivity index (χ1) is 25.3. The van der Waals surface area contributed by atoms with Crippen LogP contribution in [0.5, 0.6) is 0 Å². The molecule has 0 aliphatic carbocycles. The monoisotopic (exact) mass is 651 g/mol. The highest BCUT2D eigenvalue weighted by Gasteiger charge is 2.24. The summed E-state index contributed by atoms with van der Waals surface area (Å²) in [5.41, 5.74) is 12.7. The van der Waals surface area contributed by atoms with Crippen LogP contribution in [0, 0.1) is 0 Å². The molecule has 0 saturated heterocycles. The van der Waals surface area contributed by atoms with Gasteiger partial charge in [-0.25, -0.2) is 0 Å². The van der Waals surface area contributed by atoms with Gasteiger partial charge in [-0.05, 0) is 107 Å². The molecule has 0 fully saturated rings. The van der Waals surface area contributed by atoms with Gasteiger partial charge in [0.25, 0.3) is 0 Å². The second-order valence-corrected chi connectivity index (χ2v) is 13.0. The molecule has 0 spiro atoms. The van der Waals surface area contributed by atoms with Crippen LogP contribution in [0.2, 0.25) is 0 Å². The SMILES string of the molecule is c1ccc(N(c2ccccc2)c2ccc3c(c2)c2c(c4cc(-c5ccc6ccccc6c5)ccc4n2-c2ccccc2)n3-c2ccccc2)cc1. The zero-order chi connectivity index (χ0) is 33.7. The van der Waals surface area contributed by atoms with E-state index in [1.165, 1.54) is 54.7 Å². The fourth-order valence-electron chi connectivity index (χ4n) is 7.76. The highest BCUT2D eigenvalue weighted by atomic mass is 15.1. The molecular formula is C48H33N3. The summed E-state index contributed by atoms with van der Waals surface area (Å²) in [6.45, 7) is 0. The molecule has 0 amide bonds. The Labute approximate surface area is 296 Å². The average molecular weight is 652 g/mol. The van der Waals surface area contributed by atoms with Crippen LogP contribution < -0.4 is 4.90 Å². The topological polar surface area (TPSA) is 13.1 Å². The average Bonchev–Trinajstić information content (AvgIpc) is 3.71. The van der Waals surface area contributed by atoms with Crippen molar-refractivity contribution in [2.75, 3.05) is 4.90 Å². The molecule has 2 aromatic heterocycles. The molecule has 0 atom stereocenters. The van der Waals surface area contributed by atoms with Crippen LogP contribution in [0.25, 0.3) is 66.1 Å². The molecular weight excluding hydrogens is 619 g/mol. The fraction of sp³-hybridized carbons (Fsp3) is 0. The minimum atomic E-state index is 1.11. The third-order valence-electron chi connectivity index (χ3n) is 10.0. The molecule has 10 rings (SSSR count). The molecule has 2 heterocycles. The Bertz CT molecular complexity index is 2760. The zero-order valence-electron chi connectivity index (χ0n) is 27.9. The molecule has 8 aromatic carbocycles. The number of rotatable bonds is 6. The Kier molecular flexibility index (Phi) is 6.81. The summed E-state index contributed by atoms with van der Waals surface area (Å²) in [5, 5.41) is 4.90. The molecule has 0 aliphatic rings. The maximum Gasteiger partial charge on any atom is 0.0804 e. The summed E-state index contributed by atoms with van der Waals surface area (Å²) >= 11 is 0. The van der Waals surface area contributed by atoms with Gasteiger partial charge in [-0.15, -0.1) is 0 Å². The van der Waals surface area contributed by atoms with Crippen molar-refractivity contribution in [2.24, 2.45) is 0 Å². The van der Waals surface area contributed by atoms with Gasteiger partial charge in [-0.1, -0.05) is 115 Å². The smallest absolute Gasteiger partial charge is 0.0804 e. The fourth-order valence-corrected chi connectivity index (χ4v) is 7.76. The van der Waals surface area contributed by atoms with Crippen LogP contribution in [-0.4, -0.2) is 9.13 Å². The highest BCUT2D eigenvalue weighted by molar-refractivity contribution is 6.21. The number of benzene rings is 8. The van der Waals surface area contributed by atoms with Crippen molar-refractivity contribution in [3.8, 4) is 22.5 Å². The summed E-state index contributed by atoms with van der Waals surface area (Å²) in [7, 11) is 0. The number of hydrogen-bond donors (Lipinski definition) is 0. The summed E-state index contributed by atoms with van der Waals surface area (Å²) in [5.74, 6) is 0. The van der Waals surface area contributed by atoms with E-state index in [0.717, 1.165) is 28.4 Å². The summed E-state index contributed by atoms with van der Waals surface area (Å²) in [6, 6.07) is 72.1. The zero-order valence-corrected chi connectivity index (χ0v) is 27.9. The summed E-state index contributed by atoms with van der Waals surface area (Å²) < 4.78 is 4.91. The molecule has 0 aliphatic heterocycles. The van der Waals surface area contributed by atoms with E-state index in [4.69, 9.17) is 0 Å². The number of anilines is 3. The van der Waals surface area contributed by atoms with E-state index in [2.05, 4.69) is 214 Å². The number of aromatic nitrogens is 2. The predicted octanol–water partition coefficient (Wildman–Crippen LogP) is 13.0. The Morgan fingerprint density at radius 1 is 0.314 bits per heavy atom. The maximum atomic E-state index is 2.45. The van der Waals surface area contributed by atoms with Crippen molar-refractivity contribution in [3.05, 3.63) is 200 Å². The summed E-state index contributed by atoms with van der Waals surface area (Å²) in [6.07, 6.45) is 0. The van der Waals surface area contributed by atoms with Gasteiger partial charge in [0.05, 0.1) is 22.1 Å². The number of hydrogen-bond acceptors (Lipinski definition) is 1. The summed E-state index contributed by atoms with van der Waals surface area (Å²) in [4.78, 5) is 2.35. The van der Waals surface area contributed by atoms with Crippen LogP contribution in [0.4, 0.5) is 17.1 Å². The Hall–Kier alpha value is -6.84. The van der Waals surface area contributed by atoms with Gasteiger partial charge in [0, 0.05) is 39.2 Å². The van der Waals surface area contributed by atoms with Crippen LogP contribution >= 0.6 is 0 Å². The first-order valence-electron chi connectivity index (χ1n) is 17.4. The molecule has 0 bridgehead atoms.